The van der Waals surface area contributed by atoms with Crippen LogP contribution in [0.3, 0.4) is 0 Å². The van der Waals surface area contributed by atoms with E-state index in [2.05, 4.69) is 42.6 Å². The molecule has 198 valence electrons. The zero-order valence-electron chi connectivity index (χ0n) is 21.1. The first-order valence-electron chi connectivity index (χ1n) is 11.9. The minimum atomic E-state index is -0.907. The standard InChI is InChI=1S/C24H27N9O5/c1-14-7-9-31(10-8-14)24-28-22(26-19-6-4-5-15(2)16(19)3)27-23(29-24)30-25-13-17-11-18(32(35)36)12-20(21(17)34)33(37)38/h4-6,11-14,34H,7-10H2,1-3H3,(H2,26,27,28,29,30). The zero-order chi connectivity index (χ0) is 27.4. The van der Waals surface area contributed by atoms with E-state index in [9.17, 15) is 25.3 Å². The average molecular weight is 522 g/mol. The number of hydrazone groups is 1. The van der Waals surface area contributed by atoms with Gasteiger partial charge in [0.2, 0.25) is 23.6 Å². The van der Waals surface area contributed by atoms with Crippen LogP contribution in [0.1, 0.15) is 36.5 Å². The number of non-ortho nitro benzene ring substituents is 1. The van der Waals surface area contributed by atoms with E-state index in [0.29, 0.717) is 17.9 Å². The van der Waals surface area contributed by atoms with Crippen molar-refractivity contribution in [1.29, 1.82) is 0 Å². The van der Waals surface area contributed by atoms with Gasteiger partial charge < -0.3 is 15.3 Å². The summed E-state index contributed by atoms with van der Waals surface area (Å²) in [4.78, 5) is 36.2. The first-order valence-corrected chi connectivity index (χ1v) is 11.9. The van der Waals surface area contributed by atoms with Crippen LogP contribution < -0.4 is 15.6 Å². The Balaban J connectivity index is 1.65. The van der Waals surface area contributed by atoms with Gasteiger partial charge in [0.25, 0.3) is 5.69 Å². The van der Waals surface area contributed by atoms with Gasteiger partial charge in [-0.2, -0.15) is 20.1 Å². The van der Waals surface area contributed by atoms with E-state index in [1.165, 1.54) is 0 Å². The van der Waals surface area contributed by atoms with Crippen LogP contribution in [-0.2, 0) is 0 Å². The number of nitrogens with zero attached hydrogens (tertiary/aromatic N) is 7. The summed E-state index contributed by atoms with van der Waals surface area (Å²) in [7, 11) is 0. The molecule has 1 fully saturated rings. The number of aryl methyl sites for hydroxylation is 1. The highest BCUT2D eigenvalue weighted by atomic mass is 16.6. The lowest BCUT2D eigenvalue weighted by Crippen LogP contribution is -2.34. The number of phenolic OH excluding ortho intramolecular Hbond substituents is 1. The molecule has 3 aromatic rings. The van der Waals surface area contributed by atoms with Crippen molar-refractivity contribution in [3.63, 3.8) is 0 Å². The lowest BCUT2D eigenvalue weighted by molar-refractivity contribution is -0.394. The van der Waals surface area contributed by atoms with E-state index in [1.54, 1.807) is 0 Å². The molecule has 0 amide bonds. The van der Waals surface area contributed by atoms with Gasteiger partial charge in [-0.15, -0.1) is 0 Å². The number of nitrogens with one attached hydrogen (secondary N) is 2. The molecular weight excluding hydrogens is 494 g/mol. The van der Waals surface area contributed by atoms with Crippen molar-refractivity contribution >= 4 is 41.1 Å². The summed E-state index contributed by atoms with van der Waals surface area (Å²) in [5, 5.41) is 39.8. The van der Waals surface area contributed by atoms with Gasteiger partial charge in [0.15, 0.2) is 0 Å². The Morgan fingerprint density at radius 1 is 1.08 bits per heavy atom. The van der Waals surface area contributed by atoms with Crippen LogP contribution in [0.15, 0.2) is 35.4 Å². The molecule has 0 aliphatic carbocycles. The van der Waals surface area contributed by atoms with Crippen molar-refractivity contribution in [3.8, 4) is 5.75 Å². The Bertz CT molecular complexity index is 1400. The number of hydrogen-bond acceptors (Lipinski definition) is 12. The number of aromatic hydroxyl groups is 1. The van der Waals surface area contributed by atoms with Crippen LogP contribution >= 0.6 is 0 Å². The smallest absolute Gasteiger partial charge is 0.318 e. The molecular formula is C24H27N9O5. The third-order valence-electron chi connectivity index (χ3n) is 6.42. The summed E-state index contributed by atoms with van der Waals surface area (Å²) < 4.78 is 0. The second kappa shape index (κ2) is 11.0. The molecule has 1 aliphatic rings. The Kier molecular flexibility index (Phi) is 7.60. The lowest BCUT2D eigenvalue weighted by atomic mass is 10.00. The number of nitro benzene ring substituents is 2. The normalized spacial score (nSPS) is 14.0. The fourth-order valence-electron chi connectivity index (χ4n) is 3.96. The van der Waals surface area contributed by atoms with E-state index >= 15 is 0 Å². The van der Waals surface area contributed by atoms with E-state index < -0.39 is 27.0 Å². The highest BCUT2D eigenvalue weighted by Crippen LogP contribution is 2.33. The van der Waals surface area contributed by atoms with Gasteiger partial charge >= 0.3 is 5.69 Å². The van der Waals surface area contributed by atoms with Crippen molar-refractivity contribution in [2.75, 3.05) is 28.7 Å². The molecule has 38 heavy (non-hydrogen) atoms. The molecule has 1 aromatic heterocycles. The van der Waals surface area contributed by atoms with Crippen LogP contribution in [0.5, 0.6) is 5.75 Å². The van der Waals surface area contributed by atoms with E-state index in [-0.39, 0.29) is 17.5 Å². The van der Waals surface area contributed by atoms with Gasteiger partial charge in [0.05, 0.1) is 27.7 Å². The van der Waals surface area contributed by atoms with Gasteiger partial charge in [-0.3, -0.25) is 20.2 Å². The van der Waals surface area contributed by atoms with Crippen molar-refractivity contribution in [3.05, 3.63) is 67.3 Å². The van der Waals surface area contributed by atoms with Crippen molar-refractivity contribution < 1.29 is 15.0 Å². The van der Waals surface area contributed by atoms with Gasteiger partial charge in [-0.05, 0) is 49.8 Å². The Labute approximate surface area is 217 Å². The van der Waals surface area contributed by atoms with Gasteiger partial charge in [-0.25, -0.2) is 5.43 Å². The molecule has 1 aliphatic heterocycles. The monoisotopic (exact) mass is 521 g/mol. The van der Waals surface area contributed by atoms with Crippen molar-refractivity contribution in [2.45, 2.75) is 33.6 Å². The summed E-state index contributed by atoms with van der Waals surface area (Å²) in [5.41, 5.74) is 4.04. The van der Waals surface area contributed by atoms with Crippen molar-refractivity contribution in [2.24, 2.45) is 11.0 Å². The highest BCUT2D eigenvalue weighted by molar-refractivity contribution is 5.87. The summed E-state index contributed by atoms with van der Waals surface area (Å²) >= 11 is 0. The Hall–Kier alpha value is -4.88. The summed E-state index contributed by atoms with van der Waals surface area (Å²) in [6.45, 7) is 7.75. The third kappa shape index (κ3) is 5.91. The molecule has 14 heteroatoms. The van der Waals surface area contributed by atoms with Crippen molar-refractivity contribution in [1.82, 2.24) is 15.0 Å². The number of rotatable bonds is 8. The minimum absolute atomic E-state index is 0.0806. The molecule has 3 N–H and O–H groups in total. The molecule has 0 unspecified atom stereocenters. The number of piperidine rings is 1. The third-order valence-corrected chi connectivity index (χ3v) is 6.42. The molecule has 0 saturated carbocycles. The molecule has 0 bridgehead atoms. The minimum Gasteiger partial charge on any atom is -0.502 e. The first-order chi connectivity index (χ1) is 18.1. The number of anilines is 4. The molecule has 14 nitrogen and oxygen atoms in total. The fraction of sp³-hybridized carbons (Fsp3) is 0.333. The molecule has 0 radical (unpaired) electrons. The first kappa shape index (κ1) is 26.2. The molecule has 2 aromatic carbocycles. The van der Waals surface area contributed by atoms with Crippen LogP contribution in [0.2, 0.25) is 0 Å². The van der Waals surface area contributed by atoms with Crippen LogP contribution in [0.25, 0.3) is 0 Å². The predicted molar refractivity (Wildman–Crippen MR) is 142 cm³/mol. The summed E-state index contributed by atoms with van der Waals surface area (Å²) in [5.74, 6) is 0.675. The van der Waals surface area contributed by atoms with Gasteiger partial charge in [0, 0.05) is 24.8 Å². The zero-order valence-corrected chi connectivity index (χ0v) is 21.1. The van der Waals surface area contributed by atoms with Crippen LogP contribution in [0, 0.1) is 40.0 Å². The van der Waals surface area contributed by atoms with Crippen LogP contribution in [-0.4, -0.2) is 49.2 Å². The van der Waals surface area contributed by atoms with E-state index in [0.717, 1.165) is 55.0 Å². The molecule has 0 atom stereocenters. The number of nitro groups is 2. The molecule has 1 saturated heterocycles. The number of phenols is 1. The number of benzene rings is 2. The maximum atomic E-state index is 11.2. The molecule has 2 heterocycles. The largest absolute Gasteiger partial charge is 0.502 e. The lowest BCUT2D eigenvalue weighted by Gasteiger charge is -2.30. The maximum absolute atomic E-state index is 11.2. The van der Waals surface area contributed by atoms with Gasteiger partial charge in [0.1, 0.15) is 0 Å². The highest BCUT2D eigenvalue weighted by Gasteiger charge is 2.23. The Morgan fingerprint density at radius 2 is 1.79 bits per heavy atom. The topological polar surface area (TPSA) is 185 Å². The predicted octanol–water partition coefficient (Wildman–Crippen LogP) is 4.44. The van der Waals surface area contributed by atoms with Gasteiger partial charge in [-0.1, -0.05) is 19.1 Å². The summed E-state index contributed by atoms with van der Waals surface area (Å²) in [6.07, 6.45) is 3.02. The fourth-order valence-corrected chi connectivity index (χ4v) is 3.96. The number of hydrogen-bond donors (Lipinski definition) is 3. The quantitative estimate of drug-likeness (QED) is 0.216. The average Bonchev–Trinajstić information content (AvgIpc) is 2.88. The number of aromatic nitrogens is 3. The van der Waals surface area contributed by atoms with Crippen LogP contribution in [0.4, 0.5) is 34.9 Å². The molecule has 0 spiro atoms. The second-order valence-corrected chi connectivity index (χ2v) is 9.11. The second-order valence-electron chi connectivity index (χ2n) is 9.11. The molecule has 4 rings (SSSR count). The van der Waals surface area contributed by atoms with E-state index in [1.807, 2.05) is 32.0 Å². The Morgan fingerprint density at radius 3 is 2.47 bits per heavy atom. The van der Waals surface area contributed by atoms with E-state index in [4.69, 9.17) is 0 Å². The maximum Gasteiger partial charge on any atom is 0.318 e. The SMILES string of the molecule is Cc1cccc(Nc2nc(NN=Cc3cc([N+](=O)[O-])cc([N+](=O)[O-])c3O)nc(N3CCC(C)CC3)n2)c1C. The summed E-state index contributed by atoms with van der Waals surface area (Å²) in [6, 6.07) is 7.51.